The molecule has 1 rings (SSSR count). The molecule has 0 saturated carbocycles. The standard InChI is InChI=1S/C16H27N3O3S/c1-10(13-19-11(9-23-13)15(2,3)4)18-12(20)8-17-14(21)22-16(5,6)7/h9-10H,8H2,1-7H3,(H,17,21)(H,18,20)/t10-/m0/s1. The van der Waals surface area contributed by atoms with Crippen molar-refractivity contribution in [2.75, 3.05) is 6.54 Å². The van der Waals surface area contributed by atoms with Crippen molar-refractivity contribution >= 4 is 23.3 Å². The summed E-state index contributed by atoms with van der Waals surface area (Å²) in [5, 5.41) is 8.11. The van der Waals surface area contributed by atoms with Crippen molar-refractivity contribution in [3.63, 3.8) is 0 Å². The molecule has 0 aromatic carbocycles. The van der Waals surface area contributed by atoms with Crippen molar-refractivity contribution < 1.29 is 14.3 Å². The van der Waals surface area contributed by atoms with Crippen LogP contribution in [0.25, 0.3) is 0 Å². The molecule has 130 valence electrons. The van der Waals surface area contributed by atoms with Crippen LogP contribution in [0.1, 0.15) is 65.2 Å². The zero-order chi connectivity index (χ0) is 17.8. The number of carbonyl (C=O) groups excluding carboxylic acids is 2. The van der Waals surface area contributed by atoms with Crippen LogP contribution in [-0.2, 0) is 14.9 Å². The normalized spacial score (nSPS) is 13.3. The molecule has 7 heteroatoms. The van der Waals surface area contributed by atoms with Gasteiger partial charge in [0.1, 0.15) is 17.2 Å². The van der Waals surface area contributed by atoms with Crippen LogP contribution in [-0.4, -0.2) is 29.1 Å². The number of alkyl carbamates (subject to hydrolysis) is 1. The van der Waals surface area contributed by atoms with E-state index in [-0.39, 0.29) is 23.9 Å². The maximum atomic E-state index is 11.9. The Bertz CT molecular complexity index is 556. The number of nitrogens with zero attached hydrogens (tertiary/aromatic N) is 1. The summed E-state index contributed by atoms with van der Waals surface area (Å²) in [5.41, 5.74) is 0.403. The van der Waals surface area contributed by atoms with Crippen LogP contribution in [0.3, 0.4) is 0 Å². The van der Waals surface area contributed by atoms with Gasteiger partial charge in [-0.05, 0) is 27.7 Å². The molecule has 0 saturated heterocycles. The number of nitrogens with one attached hydrogen (secondary N) is 2. The predicted molar refractivity (Wildman–Crippen MR) is 91.6 cm³/mol. The van der Waals surface area contributed by atoms with E-state index in [1.54, 1.807) is 20.8 Å². The molecule has 6 nitrogen and oxygen atoms in total. The van der Waals surface area contributed by atoms with Crippen LogP contribution in [0.15, 0.2) is 5.38 Å². The van der Waals surface area contributed by atoms with Gasteiger partial charge >= 0.3 is 6.09 Å². The molecule has 0 aliphatic heterocycles. The summed E-state index contributed by atoms with van der Waals surface area (Å²) in [4.78, 5) is 28.0. The second-order valence-electron chi connectivity index (χ2n) is 7.47. The van der Waals surface area contributed by atoms with Crippen LogP contribution < -0.4 is 10.6 Å². The van der Waals surface area contributed by atoms with E-state index >= 15 is 0 Å². The lowest BCUT2D eigenvalue weighted by Gasteiger charge is -2.19. The lowest BCUT2D eigenvalue weighted by atomic mass is 9.93. The zero-order valence-electron chi connectivity index (χ0n) is 14.9. The van der Waals surface area contributed by atoms with E-state index in [2.05, 4.69) is 36.4 Å². The average Bonchev–Trinajstić information content (AvgIpc) is 2.83. The summed E-state index contributed by atoms with van der Waals surface area (Å²) in [6, 6.07) is -0.205. The lowest BCUT2D eigenvalue weighted by molar-refractivity contribution is -0.120. The maximum absolute atomic E-state index is 11.9. The topological polar surface area (TPSA) is 80.3 Å². The Kier molecular flexibility index (Phi) is 6.16. The molecular weight excluding hydrogens is 314 g/mol. The SMILES string of the molecule is C[C@H](NC(=O)CNC(=O)OC(C)(C)C)c1nc(C(C)(C)C)cs1. The third kappa shape index (κ3) is 6.99. The quantitative estimate of drug-likeness (QED) is 0.881. The van der Waals surface area contributed by atoms with Crippen LogP contribution in [0.2, 0.25) is 0 Å². The van der Waals surface area contributed by atoms with Gasteiger partial charge < -0.3 is 15.4 Å². The van der Waals surface area contributed by atoms with E-state index in [0.717, 1.165) is 10.7 Å². The summed E-state index contributed by atoms with van der Waals surface area (Å²) in [5.74, 6) is -0.282. The van der Waals surface area contributed by atoms with Gasteiger partial charge in [-0.3, -0.25) is 4.79 Å². The summed E-state index contributed by atoms with van der Waals surface area (Å²) >= 11 is 1.52. The lowest BCUT2D eigenvalue weighted by Crippen LogP contribution is -2.40. The number of hydrogen-bond donors (Lipinski definition) is 2. The highest BCUT2D eigenvalue weighted by atomic mass is 32.1. The highest BCUT2D eigenvalue weighted by Gasteiger charge is 2.21. The first-order valence-electron chi connectivity index (χ1n) is 7.60. The van der Waals surface area contributed by atoms with Gasteiger partial charge in [-0.25, -0.2) is 9.78 Å². The molecule has 1 aromatic heterocycles. The number of rotatable bonds is 4. The molecule has 0 aliphatic rings. The fraction of sp³-hybridized carbons (Fsp3) is 0.688. The molecule has 2 N–H and O–H groups in total. The van der Waals surface area contributed by atoms with Crippen LogP contribution in [0, 0.1) is 0 Å². The van der Waals surface area contributed by atoms with Crippen molar-refractivity contribution in [3.8, 4) is 0 Å². The average molecular weight is 341 g/mol. The molecule has 1 heterocycles. The Hall–Kier alpha value is -1.63. The Morgan fingerprint density at radius 3 is 2.35 bits per heavy atom. The highest BCUT2D eigenvalue weighted by Crippen LogP contribution is 2.26. The largest absolute Gasteiger partial charge is 0.444 e. The Labute approximate surface area is 142 Å². The van der Waals surface area contributed by atoms with Crippen molar-refractivity contribution in [3.05, 3.63) is 16.1 Å². The summed E-state index contributed by atoms with van der Waals surface area (Å²) in [6.07, 6.45) is -0.607. The van der Waals surface area contributed by atoms with E-state index in [1.165, 1.54) is 11.3 Å². The van der Waals surface area contributed by atoms with Gasteiger partial charge in [0.2, 0.25) is 5.91 Å². The van der Waals surface area contributed by atoms with E-state index in [9.17, 15) is 9.59 Å². The Morgan fingerprint density at radius 2 is 1.87 bits per heavy atom. The van der Waals surface area contributed by atoms with E-state index in [0.29, 0.717) is 0 Å². The third-order valence-corrected chi connectivity index (χ3v) is 3.86. The summed E-state index contributed by atoms with van der Waals surface area (Å²) in [6.45, 7) is 13.3. The van der Waals surface area contributed by atoms with E-state index in [1.807, 2.05) is 12.3 Å². The Balaban J connectivity index is 2.48. The number of hydrogen-bond acceptors (Lipinski definition) is 5. The van der Waals surface area contributed by atoms with E-state index < -0.39 is 11.7 Å². The Morgan fingerprint density at radius 1 is 1.26 bits per heavy atom. The number of amides is 2. The number of aromatic nitrogens is 1. The zero-order valence-corrected chi connectivity index (χ0v) is 15.8. The molecule has 0 unspecified atom stereocenters. The van der Waals surface area contributed by atoms with Gasteiger partial charge in [-0.2, -0.15) is 0 Å². The minimum absolute atomic E-state index is 0.0171. The van der Waals surface area contributed by atoms with Crippen LogP contribution in [0.4, 0.5) is 4.79 Å². The predicted octanol–water partition coefficient (Wildman–Crippen LogP) is 3.14. The molecule has 0 aliphatic carbocycles. The maximum Gasteiger partial charge on any atom is 0.408 e. The second kappa shape index (κ2) is 7.29. The first-order chi connectivity index (χ1) is 10.4. The number of ether oxygens (including phenoxy) is 1. The van der Waals surface area contributed by atoms with Gasteiger partial charge in [0, 0.05) is 10.8 Å². The van der Waals surface area contributed by atoms with Crippen molar-refractivity contribution in [1.29, 1.82) is 0 Å². The third-order valence-electron chi connectivity index (χ3n) is 2.83. The monoisotopic (exact) mass is 341 g/mol. The molecule has 0 radical (unpaired) electrons. The molecule has 0 bridgehead atoms. The number of carbonyl (C=O) groups is 2. The van der Waals surface area contributed by atoms with Gasteiger partial charge in [-0.1, -0.05) is 20.8 Å². The minimum atomic E-state index is -0.607. The first kappa shape index (κ1) is 19.4. The molecule has 1 aromatic rings. The van der Waals surface area contributed by atoms with Crippen molar-refractivity contribution in [2.24, 2.45) is 0 Å². The smallest absolute Gasteiger partial charge is 0.408 e. The summed E-state index contributed by atoms with van der Waals surface area (Å²) in [7, 11) is 0. The molecule has 1 atom stereocenters. The summed E-state index contributed by atoms with van der Waals surface area (Å²) < 4.78 is 5.08. The highest BCUT2D eigenvalue weighted by molar-refractivity contribution is 7.09. The fourth-order valence-corrected chi connectivity index (χ4v) is 2.70. The van der Waals surface area contributed by atoms with Gasteiger partial charge in [0.15, 0.2) is 0 Å². The van der Waals surface area contributed by atoms with Crippen molar-refractivity contribution in [2.45, 2.75) is 65.5 Å². The van der Waals surface area contributed by atoms with Crippen molar-refractivity contribution in [1.82, 2.24) is 15.6 Å². The first-order valence-corrected chi connectivity index (χ1v) is 8.48. The minimum Gasteiger partial charge on any atom is -0.444 e. The molecular formula is C16H27N3O3S. The fourth-order valence-electron chi connectivity index (χ4n) is 1.65. The molecule has 0 fully saturated rings. The van der Waals surface area contributed by atoms with Gasteiger partial charge in [-0.15, -0.1) is 11.3 Å². The number of thiazole rings is 1. The molecule has 2 amide bonds. The second-order valence-corrected chi connectivity index (χ2v) is 8.36. The van der Waals surface area contributed by atoms with Crippen LogP contribution >= 0.6 is 11.3 Å². The van der Waals surface area contributed by atoms with E-state index in [4.69, 9.17) is 4.74 Å². The molecule has 0 spiro atoms. The molecule has 23 heavy (non-hydrogen) atoms. The van der Waals surface area contributed by atoms with Gasteiger partial charge in [0.05, 0.1) is 11.7 Å². The van der Waals surface area contributed by atoms with Crippen LogP contribution in [0.5, 0.6) is 0 Å². The van der Waals surface area contributed by atoms with Gasteiger partial charge in [0.25, 0.3) is 0 Å².